The van der Waals surface area contributed by atoms with E-state index in [0.717, 1.165) is 35.5 Å². The molecule has 0 atom stereocenters. The van der Waals surface area contributed by atoms with E-state index in [9.17, 15) is 5.11 Å². The topological polar surface area (TPSA) is 47.9 Å². The van der Waals surface area contributed by atoms with E-state index in [4.69, 9.17) is 14.2 Å². The van der Waals surface area contributed by atoms with Gasteiger partial charge in [-0.1, -0.05) is 0 Å². The Morgan fingerprint density at radius 1 is 1.35 bits per heavy atom. The molecule has 0 aliphatic carbocycles. The van der Waals surface area contributed by atoms with Gasteiger partial charge in [0.1, 0.15) is 0 Å². The van der Waals surface area contributed by atoms with Crippen LogP contribution in [0.5, 0.6) is 11.5 Å². The average molecular weight is 238 g/mol. The van der Waals surface area contributed by atoms with Crippen LogP contribution in [0.2, 0.25) is 0 Å². The summed E-state index contributed by atoms with van der Waals surface area (Å²) in [6.45, 7) is 2.00. The van der Waals surface area contributed by atoms with Crippen molar-refractivity contribution in [1.29, 1.82) is 0 Å². The summed E-state index contributed by atoms with van der Waals surface area (Å²) in [6, 6.07) is 3.82. The summed E-state index contributed by atoms with van der Waals surface area (Å²) < 4.78 is 16.2. The Balaban J connectivity index is 2.07. The van der Waals surface area contributed by atoms with Crippen LogP contribution < -0.4 is 9.47 Å². The van der Waals surface area contributed by atoms with E-state index in [1.54, 1.807) is 7.11 Å². The second-order valence-corrected chi connectivity index (χ2v) is 4.03. The third kappa shape index (κ3) is 2.90. The lowest BCUT2D eigenvalue weighted by atomic mass is 10.1. The molecule has 0 radical (unpaired) electrons. The van der Waals surface area contributed by atoms with Crippen LogP contribution in [0.1, 0.15) is 17.5 Å². The molecular formula is C13H18O4. The van der Waals surface area contributed by atoms with Crippen molar-refractivity contribution in [1.82, 2.24) is 0 Å². The molecule has 1 aromatic rings. The molecule has 0 saturated carbocycles. The Morgan fingerprint density at radius 2 is 2.24 bits per heavy atom. The van der Waals surface area contributed by atoms with Crippen molar-refractivity contribution in [3.63, 3.8) is 0 Å². The van der Waals surface area contributed by atoms with Crippen LogP contribution in [0.4, 0.5) is 0 Å². The molecule has 4 nitrogen and oxygen atoms in total. The first-order valence-corrected chi connectivity index (χ1v) is 5.86. The first-order valence-electron chi connectivity index (χ1n) is 5.86. The minimum atomic E-state index is 0.0295. The molecule has 4 heteroatoms. The maximum Gasteiger partial charge on any atom is 0.164 e. The number of benzene rings is 1. The largest absolute Gasteiger partial charge is 0.490 e. The van der Waals surface area contributed by atoms with E-state index in [1.165, 1.54) is 0 Å². The molecule has 0 aromatic heterocycles. The van der Waals surface area contributed by atoms with Crippen LogP contribution in [0, 0.1) is 0 Å². The van der Waals surface area contributed by atoms with E-state index >= 15 is 0 Å². The Hall–Kier alpha value is -1.26. The monoisotopic (exact) mass is 238 g/mol. The van der Waals surface area contributed by atoms with Gasteiger partial charge < -0.3 is 19.3 Å². The highest BCUT2D eigenvalue weighted by Crippen LogP contribution is 2.37. The Morgan fingerprint density at radius 3 is 3.00 bits per heavy atom. The van der Waals surface area contributed by atoms with Crippen molar-refractivity contribution in [2.24, 2.45) is 0 Å². The molecule has 1 aliphatic rings. The highest BCUT2D eigenvalue weighted by Gasteiger charge is 2.18. The van der Waals surface area contributed by atoms with Crippen LogP contribution in [0.25, 0.3) is 0 Å². The second kappa shape index (κ2) is 5.89. The number of ether oxygens (including phenoxy) is 3. The lowest BCUT2D eigenvalue weighted by Gasteiger charge is -2.11. The maximum absolute atomic E-state index is 9.19. The molecule has 1 heterocycles. The van der Waals surface area contributed by atoms with Crippen molar-refractivity contribution in [2.45, 2.75) is 19.4 Å². The number of hydrogen-bond donors (Lipinski definition) is 1. The van der Waals surface area contributed by atoms with Gasteiger partial charge in [0.15, 0.2) is 11.5 Å². The smallest absolute Gasteiger partial charge is 0.164 e. The molecule has 1 aromatic carbocycles. The SMILES string of the molecule is COCCCOc1cc(CO)cc2c1OCC2. The van der Waals surface area contributed by atoms with Crippen LogP contribution in [-0.4, -0.2) is 32.0 Å². The zero-order valence-corrected chi connectivity index (χ0v) is 10.1. The summed E-state index contributed by atoms with van der Waals surface area (Å²) in [5.41, 5.74) is 1.99. The normalized spacial score (nSPS) is 13.3. The van der Waals surface area contributed by atoms with Crippen molar-refractivity contribution in [3.05, 3.63) is 23.3 Å². The maximum atomic E-state index is 9.19. The molecule has 94 valence electrons. The lowest BCUT2D eigenvalue weighted by Crippen LogP contribution is -2.03. The number of fused-ring (bicyclic) bond motifs is 1. The van der Waals surface area contributed by atoms with Gasteiger partial charge in [0.2, 0.25) is 0 Å². The van der Waals surface area contributed by atoms with Gasteiger partial charge >= 0.3 is 0 Å². The fraction of sp³-hybridized carbons (Fsp3) is 0.538. The highest BCUT2D eigenvalue weighted by atomic mass is 16.5. The fourth-order valence-corrected chi connectivity index (χ4v) is 1.92. The third-order valence-electron chi connectivity index (χ3n) is 2.74. The van der Waals surface area contributed by atoms with Gasteiger partial charge in [-0.25, -0.2) is 0 Å². The Labute approximate surface area is 101 Å². The molecule has 0 unspecified atom stereocenters. The third-order valence-corrected chi connectivity index (χ3v) is 2.74. The number of rotatable bonds is 6. The Bertz CT molecular complexity index is 376. The molecule has 0 amide bonds. The second-order valence-electron chi connectivity index (χ2n) is 4.03. The summed E-state index contributed by atoms with van der Waals surface area (Å²) in [6.07, 6.45) is 1.73. The summed E-state index contributed by atoms with van der Waals surface area (Å²) in [5.74, 6) is 1.57. The summed E-state index contributed by atoms with van der Waals surface area (Å²) in [4.78, 5) is 0. The van der Waals surface area contributed by atoms with E-state index in [0.29, 0.717) is 19.8 Å². The first-order chi connectivity index (χ1) is 8.35. The fourth-order valence-electron chi connectivity index (χ4n) is 1.92. The molecule has 2 rings (SSSR count). The molecule has 1 N–H and O–H groups in total. The predicted molar refractivity (Wildman–Crippen MR) is 63.6 cm³/mol. The van der Waals surface area contributed by atoms with Gasteiger partial charge in [0.05, 0.1) is 19.8 Å². The van der Waals surface area contributed by atoms with E-state index in [1.807, 2.05) is 12.1 Å². The minimum absolute atomic E-state index is 0.0295. The summed E-state index contributed by atoms with van der Waals surface area (Å²) in [7, 11) is 1.67. The van der Waals surface area contributed by atoms with Gasteiger partial charge in [0, 0.05) is 32.1 Å². The van der Waals surface area contributed by atoms with E-state index < -0.39 is 0 Å². The van der Waals surface area contributed by atoms with Crippen molar-refractivity contribution in [2.75, 3.05) is 26.9 Å². The zero-order valence-electron chi connectivity index (χ0n) is 10.1. The predicted octanol–water partition coefficient (Wildman–Crippen LogP) is 1.53. The number of aliphatic hydroxyl groups is 1. The molecule has 0 saturated heterocycles. The molecular weight excluding hydrogens is 220 g/mol. The zero-order chi connectivity index (χ0) is 12.1. The number of hydrogen-bond acceptors (Lipinski definition) is 4. The van der Waals surface area contributed by atoms with E-state index in [2.05, 4.69) is 0 Å². The Kier molecular flexibility index (Phi) is 4.23. The average Bonchev–Trinajstić information content (AvgIpc) is 2.82. The molecule has 0 spiro atoms. The van der Waals surface area contributed by atoms with Crippen molar-refractivity contribution >= 4 is 0 Å². The molecule has 1 aliphatic heterocycles. The van der Waals surface area contributed by atoms with Gasteiger partial charge in [-0.3, -0.25) is 0 Å². The number of aliphatic hydroxyl groups excluding tert-OH is 1. The van der Waals surface area contributed by atoms with Crippen LogP contribution in [-0.2, 0) is 17.8 Å². The van der Waals surface area contributed by atoms with Gasteiger partial charge in [-0.05, 0) is 17.7 Å². The first kappa shape index (κ1) is 12.2. The van der Waals surface area contributed by atoms with E-state index in [-0.39, 0.29) is 6.61 Å². The van der Waals surface area contributed by atoms with Crippen LogP contribution in [0.15, 0.2) is 12.1 Å². The highest BCUT2D eigenvalue weighted by molar-refractivity contribution is 5.51. The number of methoxy groups -OCH3 is 1. The van der Waals surface area contributed by atoms with Crippen LogP contribution in [0.3, 0.4) is 0 Å². The van der Waals surface area contributed by atoms with Crippen molar-refractivity contribution in [3.8, 4) is 11.5 Å². The van der Waals surface area contributed by atoms with Gasteiger partial charge in [-0.2, -0.15) is 0 Å². The molecule has 0 fully saturated rings. The van der Waals surface area contributed by atoms with Gasteiger partial charge in [-0.15, -0.1) is 0 Å². The molecule has 17 heavy (non-hydrogen) atoms. The molecule has 0 bridgehead atoms. The summed E-state index contributed by atoms with van der Waals surface area (Å²) >= 11 is 0. The van der Waals surface area contributed by atoms with Gasteiger partial charge in [0.25, 0.3) is 0 Å². The standard InChI is InChI=1S/C13H18O4/c1-15-4-2-5-16-12-8-10(9-14)7-11-3-6-17-13(11)12/h7-8,14H,2-6,9H2,1H3. The minimum Gasteiger partial charge on any atom is -0.490 e. The lowest BCUT2D eigenvalue weighted by molar-refractivity contribution is 0.170. The quantitative estimate of drug-likeness (QED) is 0.763. The van der Waals surface area contributed by atoms with Crippen molar-refractivity contribution < 1.29 is 19.3 Å². The van der Waals surface area contributed by atoms with Crippen LogP contribution >= 0.6 is 0 Å². The summed E-state index contributed by atoms with van der Waals surface area (Å²) in [5, 5.41) is 9.19.